The standard InChI is InChI=1S/C12H23O.W/c1-11(2)13-10-8-6-7-9-12(3,4)5;/h7,9H,6,8,10H2,1-5H3;/q-1;/b9-7-;. The van der Waals surface area contributed by atoms with Crippen molar-refractivity contribution < 1.29 is 25.8 Å². The molecule has 0 N–H and O–H groups in total. The van der Waals surface area contributed by atoms with E-state index >= 15 is 0 Å². The maximum atomic E-state index is 5.36. The van der Waals surface area contributed by atoms with Crippen molar-refractivity contribution in [2.24, 2.45) is 5.41 Å². The van der Waals surface area contributed by atoms with Crippen molar-refractivity contribution in [2.75, 3.05) is 6.61 Å². The van der Waals surface area contributed by atoms with Crippen molar-refractivity contribution >= 4 is 0 Å². The maximum absolute atomic E-state index is 5.36. The van der Waals surface area contributed by atoms with Gasteiger partial charge in [0.25, 0.3) is 0 Å². The third-order valence-corrected chi connectivity index (χ3v) is 1.52. The Kier molecular flexibility index (Phi) is 10.4. The molecule has 0 atom stereocenters. The third kappa shape index (κ3) is 14.9. The van der Waals surface area contributed by atoms with Gasteiger partial charge >= 0.3 is 0 Å². The number of allylic oxidation sites excluding steroid dienone is 2. The summed E-state index contributed by atoms with van der Waals surface area (Å²) in [7, 11) is 0. The first-order valence-corrected chi connectivity index (χ1v) is 5.02. The van der Waals surface area contributed by atoms with E-state index in [1.165, 1.54) is 0 Å². The normalized spacial score (nSPS) is 12.1. The Balaban J connectivity index is 0. The molecule has 0 heterocycles. The van der Waals surface area contributed by atoms with Crippen molar-refractivity contribution in [3.8, 4) is 0 Å². The molecule has 0 aliphatic carbocycles. The Morgan fingerprint density at radius 1 is 1.21 bits per heavy atom. The molecule has 0 spiro atoms. The fraction of sp³-hybridized carbons (Fsp3) is 0.750. The summed E-state index contributed by atoms with van der Waals surface area (Å²) in [5.74, 6) is 0. The average Bonchev–Trinajstić information content (AvgIpc) is 1.93. The first-order valence-electron chi connectivity index (χ1n) is 5.02. The van der Waals surface area contributed by atoms with Gasteiger partial charge in [-0.15, -0.1) is 0 Å². The van der Waals surface area contributed by atoms with E-state index in [9.17, 15) is 0 Å². The molecule has 0 aromatic heterocycles. The number of hydrogen-bond acceptors (Lipinski definition) is 1. The quantitative estimate of drug-likeness (QED) is 0.406. The molecule has 0 amide bonds. The fourth-order valence-corrected chi connectivity index (χ4v) is 0.914. The molecular formula is C12H23OW-. The zero-order valence-corrected chi connectivity index (χ0v) is 13.0. The smallest absolute Gasteiger partial charge is 0.0117 e. The van der Waals surface area contributed by atoms with Crippen LogP contribution in [-0.4, -0.2) is 6.61 Å². The van der Waals surface area contributed by atoms with Gasteiger partial charge in [-0.05, 0) is 18.3 Å². The minimum absolute atomic E-state index is 0. The average molecular weight is 367 g/mol. The Morgan fingerprint density at radius 2 is 1.79 bits per heavy atom. The summed E-state index contributed by atoms with van der Waals surface area (Å²) in [5, 5.41) is 0. The van der Waals surface area contributed by atoms with Gasteiger partial charge in [0.1, 0.15) is 0 Å². The number of ether oxygens (including phenoxy) is 1. The van der Waals surface area contributed by atoms with Gasteiger partial charge in [0.2, 0.25) is 0 Å². The van der Waals surface area contributed by atoms with E-state index in [1.807, 2.05) is 13.8 Å². The second-order valence-electron chi connectivity index (χ2n) is 4.67. The molecule has 0 unspecified atom stereocenters. The van der Waals surface area contributed by atoms with Crippen molar-refractivity contribution in [3.05, 3.63) is 18.3 Å². The van der Waals surface area contributed by atoms with Gasteiger partial charge in [0, 0.05) is 27.7 Å². The zero-order valence-electron chi connectivity index (χ0n) is 10.1. The van der Waals surface area contributed by atoms with Crippen LogP contribution in [0.4, 0.5) is 0 Å². The molecule has 0 saturated heterocycles. The molecule has 0 radical (unpaired) electrons. The van der Waals surface area contributed by atoms with Crippen LogP contribution in [0.2, 0.25) is 0 Å². The molecule has 1 nitrogen and oxygen atoms in total. The second kappa shape index (κ2) is 8.68. The second-order valence-corrected chi connectivity index (χ2v) is 4.67. The number of rotatable bonds is 5. The van der Waals surface area contributed by atoms with Crippen LogP contribution >= 0.6 is 0 Å². The van der Waals surface area contributed by atoms with E-state index in [-0.39, 0.29) is 21.1 Å². The van der Waals surface area contributed by atoms with Gasteiger partial charge in [0.15, 0.2) is 0 Å². The molecule has 14 heavy (non-hydrogen) atoms. The Morgan fingerprint density at radius 3 is 2.21 bits per heavy atom. The molecule has 0 aliphatic heterocycles. The van der Waals surface area contributed by atoms with Crippen molar-refractivity contribution in [1.29, 1.82) is 0 Å². The van der Waals surface area contributed by atoms with Crippen LogP contribution in [0, 0.1) is 11.5 Å². The molecule has 0 aromatic rings. The van der Waals surface area contributed by atoms with Crippen LogP contribution in [-0.2, 0) is 25.8 Å². The molecule has 0 aromatic carbocycles. The summed E-state index contributed by atoms with van der Waals surface area (Å²) in [4.78, 5) is 0. The van der Waals surface area contributed by atoms with E-state index in [2.05, 4.69) is 32.9 Å². The van der Waals surface area contributed by atoms with Crippen molar-refractivity contribution in [2.45, 2.75) is 47.5 Å². The summed E-state index contributed by atoms with van der Waals surface area (Å²) in [5.41, 5.74) is 0.313. The summed E-state index contributed by atoms with van der Waals surface area (Å²) in [6, 6.07) is 0. The Labute approximate surface area is 104 Å². The van der Waals surface area contributed by atoms with E-state index < -0.39 is 0 Å². The summed E-state index contributed by atoms with van der Waals surface area (Å²) >= 11 is 0. The SMILES string of the molecule is C[C-](C)OCCC/C=C\C(C)(C)C.[W]. The zero-order chi connectivity index (χ0) is 10.3. The topological polar surface area (TPSA) is 9.23 Å². The predicted octanol–water partition coefficient (Wildman–Crippen LogP) is 3.95. The van der Waals surface area contributed by atoms with E-state index in [1.54, 1.807) is 0 Å². The Bertz CT molecular complexity index is 145. The van der Waals surface area contributed by atoms with Gasteiger partial charge in [-0.25, -0.2) is 6.10 Å². The van der Waals surface area contributed by atoms with Crippen molar-refractivity contribution in [1.82, 2.24) is 0 Å². The molecule has 84 valence electrons. The van der Waals surface area contributed by atoms with Gasteiger partial charge < -0.3 is 4.74 Å². The summed E-state index contributed by atoms with van der Waals surface area (Å²) in [6.07, 6.45) is 7.78. The van der Waals surface area contributed by atoms with Crippen LogP contribution in [0.15, 0.2) is 12.2 Å². The van der Waals surface area contributed by atoms with Gasteiger partial charge in [-0.1, -0.05) is 32.9 Å². The number of unbranched alkanes of at least 4 members (excludes halogenated alkanes) is 1. The molecule has 0 bridgehead atoms. The van der Waals surface area contributed by atoms with E-state index in [0.29, 0.717) is 5.41 Å². The largest absolute Gasteiger partial charge is 0.549 e. The van der Waals surface area contributed by atoms with E-state index in [0.717, 1.165) is 25.6 Å². The maximum Gasteiger partial charge on any atom is 0.0117 e. The van der Waals surface area contributed by atoms with E-state index in [4.69, 9.17) is 4.74 Å². The van der Waals surface area contributed by atoms with Crippen molar-refractivity contribution in [3.63, 3.8) is 0 Å². The van der Waals surface area contributed by atoms with Crippen LogP contribution in [0.5, 0.6) is 0 Å². The molecule has 2 heteroatoms. The monoisotopic (exact) mass is 367 g/mol. The minimum Gasteiger partial charge on any atom is -0.549 e. The van der Waals surface area contributed by atoms with Crippen LogP contribution in [0.25, 0.3) is 0 Å². The summed E-state index contributed by atoms with van der Waals surface area (Å²) in [6.45, 7) is 11.5. The molecule has 0 rings (SSSR count). The molecule has 0 aliphatic rings. The Hall–Kier alpha value is 0.388. The fourth-order valence-electron chi connectivity index (χ4n) is 0.914. The number of hydrogen-bond donors (Lipinski definition) is 0. The molecule has 0 saturated carbocycles. The summed E-state index contributed by atoms with van der Waals surface area (Å²) < 4.78 is 5.36. The van der Waals surface area contributed by atoms with Crippen LogP contribution in [0.1, 0.15) is 47.5 Å². The van der Waals surface area contributed by atoms with Crippen LogP contribution < -0.4 is 0 Å². The molecule has 0 fully saturated rings. The first-order chi connectivity index (χ1) is 5.92. The third-order valence-electron chi connectivity index (χ3n) is 1.52. The first kappa shape index (κ1) is 16.8. The van der Waals surface area contributed by atoms with Gasteiger partial charge in [0.05, 0.1) is 0 Å². The molecular weight excluding hydrogens is 344 g/mol. The predicted molar refractivity (Wildman–Crippen MR) is 58.4 cm³/mol. The van der Waals surface area contributed by atoms with Crippen LogP contribution in [0.3, 0.4) is 0 Å². The van der Waals surface area contributed by atoms with Gasteiger partial charge in [-0.3, -0.25) is 0 Å². The van der Waals surface area contributed by atoms with Gasteiger partial charge in [-0.2, -0.15) is 13.8 Å². The minimum atomic E-state index is 0.